The zero-order valence-electron chi connectivity index (χ0n) is 13.9. The second-order valence-electron chi connectivity index (χ2n) is 6.26. The number of rotatable bonds is 6. The van der Waals surface area contributed by atoms with Gasteiger partial charge in [-0.25, -0.2) is 4.98 Å². The number of morpholine rings is 1. The van der Waals surface area contributed by atoms with Crippen LogP contribution in [0.25, 0.3) is 0 Å². The maximum Gasteiger partial charge on any atom is 0.185 e. The summed E-state index contributed by atoms with van der Waals surface area (Å²) in [4.78, 5) is 10.4. The van der Waals surface area contributed by atoms with Crippen molar-refractivity contribution in [3.63, 3.8) is 0 Å². The van der Waals surface area contributed by atoms with E-state index in [0.717, 1.165) is 44.2 Å². The van der Waals surface area contributed by atoms with Crippen molar-refractivity contribution in [3.8, 4) is 0 Å². The van der Waals surface area contributed by atoms with E-state index in [4.69, 9.17) is 4.74 Å². The number of thiazole rings is 1. The molecular weight excluding hydrogens is 306 g/mol. The molecule has 1 aliphatic heterocycles. The predicted molar refractivity (Wildman–Crippen MR) is 96.2 cm³/mol. The van der Waals surface area contributed by atoms with Crippen molar-refractivity contribution in [1.29, 1.82) is 0 Å². The SMILES string of the molecule is CN(C)c1ncc(CN2CCO[C@@H](CCc3ccccc3)C2)s1. The van der Waals surface area contributed by atoms with Gasteiger partial charge in [-0.05, 0) is 18.4 Å². The van der Waals surface area contributed by atoms with Crippen LogP contribution < -0.4 is 4.90 Å². The predicted octanol–water partition coefficient (Wildman–Crippen LogP) is 3.04. The third kappa shape index (κ3) is 4.77. The normalized spacial score (nSPS) is 19.0. The molecule has 1 fully saturated rings. The average Bonchev–Trinajstić information content (AvgIpc) is 3.03. The molecule has 0 spiro atoms. The van der Waals surface area contributed by atoms with Crippen LogP contribution in [0.4, 0.5) is 5.13 Å². The number of anilines is 1. The molecule has 4 nitrogen and oxygen atoms in total. The molecule has 124 valence electrons. The zero-order valence-corrected chi connectivity index (χ0v) is 14.8. The number of hydrogen-bond donors (Lipinski definition) is 0. The van der Waals surface area contributed by atoms with Gasteiger partial charge in [0.05, 0.1) is 12.7 Å². The first kappa shape index (κ1) is 16.4. The maximum absolute atomic E-state index is 5.95. The van der Waals surface area contributed by atoms with E-state index < -0.39 is 0 Å². The second-order valence-corrected chi connectivity index (χ2v) is 7.35. The molecule has 0 radical (unpaired) electrons. The van der Waals surface area contributed by atoms with E-state index in [1.807, 2.05) is 20.3 Å². The molecule has 0 N–H and O–H groups in total. The minimum absolute atomic E-state index is 0.338. The second kappa shape index (κ2) is 7.90. The Hall–Kier alpha value is -1.43. The number of benzene rings is 1. The average molecular weight is 331 g/mol. The summed E-state index contributed by atoms with van der Waals surface area (Å²) in [5.74, 6) is 0. The fraction of sp³-hybridized carbons (Fsp3) is 0.500. The third-order valence-electron chi connectivity index (χ3n) is 4.12. The fourth-order valence-corrected chi connectivity index (χ4v) is 3.74. The largest absolute Gasteiger partial charge is 0.376 e. The summed E-state index contributed by atoms with van der Waals surface area (Å²) in [5, 5.41) is 1.08. The molecule has 5 heteroatoms. The Morgan fingerprint density at radius 1 is 1.30 bits per heavy atom. The zero-order chi connectivity index (χ0) is 16.1. The van der Waals surface area contributed by atoms with Gasteiger partial charge in [0.15, 0.2) is 5.13 Å². The van der Waals surface area contributed by atoms with E-state index >= 15 is 0 Å². The first-order chi connectivity index (χ1) is 11.2. The van der Waals surface area contributed by atoms with Crippen molar-refractivity contribution in [1.82, 2.24) is 9.88 Å². The van der Waals surface area contributed by atoms with Crippen LogP contribution in [-0.4, -0.2) is 49.8 Å². The lowest BCUT2D eigenvalue weighted by molar-refractivity contribution is -0.0342. The van der Waals surface area contributed by atoms with Crippen LogP contribution in [0.1, 0.15) is 16.9 Å². The molecule has 1 atom stereocenters. The highest BCUT2D eigenvalue weighted by Crippen LogP contribution is 2.23. The Morgan fingerprint density at radius 3 is 2.87 bits per heavy atom. The van der Waals surface area contributed by atoms with Gasteiger partial charge < -0.3 is 9.64 Å². The van der Waals surface area contributed by atoms with E-state index in [1.165, 1.54) is 10.4 Å². The molecule has 1 aromatic heterocycles. The first-order valence-electron chi connectivity index (χ1n) is 8.20. The molecule has 1 aromatic carbocycles. The van der Waals surface area contributed by atoms with Crippen LogP contribution in [-0.2, 0) is 17.7 Å². The number of hydrogen-bond acceptors (Lipinski definition) is 5. The standard InChI is InChI=1S/C18H25N3OS/c1-20(2)18-19-12-17(23-18)14-21-10-11-22-16(13-21)9-8-15-6-4-3-5-7-15/h3-7,12,16H,8-11,13-14H2,1-2H3/t16-/m0/s1. The highest BCUT2D eigenvalue weighted by molar-refractivity contribution is 7.15. The van der Waals surface area contributed by atoms with Gasteiger partial charge in [-0.3, -0.25) is 4.90 Å². The summed E-state index contributed by atoms with van der Waals surface area (Å²) < 4.78 is 5.95. The van der Waals surface area contributed by atoms with Crippen molar-refractivity contribution in [2.24, 2.45) is 0 Å². The Balaban J connectivity index is 1.49. The van der Waals surface area contributed by atoms with Crippen molar-refractivity contribution in [3.05, 3.63) is 47.0 Å². The van der Waals surface area contributed by atoms with Gasteiger partial charge in [-0.1, -0.05) is 30.3 Å². The van der Waals surface area contributed by atoms with Gasteiger partial charge in [-0.2, -0.15) is 0 Å². The van der Waals surface area contributed by atoms with E-state index in [1.54, 1.807) is 11.3 Å². The van der Waals surface area contributed by atoms with E-state index in [0.29, 0.717) is 6.10 Å². The van der Waals surface area contributed by atoms with Crippen LogP contribution in [0.2, 0.25) is 0 Å². The molecule has 3 rings (SSSR count). The summed E-state index contributed by atoms with van der Waals surface area (Å²) in [6, 6.07) is 10.7. The molecular formula is C18H25N3OS. The number of aromatic nitrogens is 1. The molecule has 0 aliphatic carbocycles. The van der Waals surface area contributed by atoms with Crippen molar-refractivity contribution in [2.75, 3.05) is 38.7 Å². The molecule has 0 saturated carbocycles. The molecule has 0 amide bonds. The summed E-state index contributed by atoms with van der Waals surface area (Å²) in [5.41, 5.74) is 1.39. The highest BCUT2D eigenvalue weighted by Gasteiger charge is 2.21. The number of nitrogens with zero attached hydrogens (tertiary/aromatic N) is 3. The minimum Gasteiger partial charge on any atom is -0.376 e. The van der Waals surface area contributed by atoms with Crippen LogP contribution >= 0.6 is 11.3 Å². The van der Waals surface area contributed by atoms with E-state index in [-0.39, 0.29) is 0 Å². The van der Waals surface area contributed by atoms with Gasteiger partial charge in [0.25, 0.3) is 0 Å². The van der Waals surface area contributed by atoms with Gasteiger partial charge in [-0.15, -0.1) is 11.3 Å². The Labute approximate surface area is 142 Å². The van der Waals surface area contributed by atoms with Gasteiger partial charge >= 0.3 is 0 Å². The lowest BCUT2D eigenvalue weighted by atomic mass is 10.1. The lowest BCUT2D eigenvalue weighted by Gasteiger charge is -2.32. The molecule has 1 saturated heterocycles. The highest BCUT2D eigenvalue weighted by atomic mass is 32.1. The van der Waals surface area contributed by atoms with E-state index in [9.17, 15) is 0 Å². The third-order valence-corrected chi connectivity index (χ3v) is 5.27. The Morgan fingerprint density at radius 2 is 2.13 bits per heavy atom. The minimum atomic E-state index is 0.338. The smallest absolute Gasteiger partial charge is 0.185 e. The summed E-state index contributed by atoms with van der Waals surface area (Å²) in [6.45, 7) is 3.84. The topological polar surface area (TPSA) is 28.6 Å². The summed E-state index contributed by atoms with van der Waals surface area (Å²) in [6.07, 6.45) is 4.52. The molecule has 23 heavy (non-hydrogen) atoms. The molecule has 0 bridgehead atoms. The van der Waals surface area contributed by atoms with Crippen LogP contribution in [0.15, 0.2) is 36.5 Å². The lowest BCUT2D eigenvalue weighted by Crippen LogP contribution is -2.41. The number of ether oxygens (including phenoxy) is 1. The van der Waals surface area contributed by atoms with Crippen molar-refractivity contribution >= 4 is 16.5 Å². The van der Waals surface area contributed by atoms with Gasteiger partial charge in [0.1, 0.15) is 0 Å². The van der Waals surface area contributed by atoms with Crippen molar-refractivity contribution in [2.45, 2.75) is 25.5 Å². The van der Waals surface area contributed by atoms with Crippen molar-refractivity contribution < 1.29 is 4.74 Å². The fourth-order valence-electron chi connectivity index (χ4n) is 2.87. The van der Waals surface area contributed by atoms with Crippen LogP contribution in [0.3, 0.4) is 0 Å². The Bertz CT molecular complexity index is 599. The monoisotopic (exact) mass is 331 g/mol. The quantitative estimate of drug-likeness (QED) is 0.813. The molecule has 0 unspecified atom stereocenters. The maximum atomic E-state index is 5.95. The van der Waals surface area contributed by atoms with Gasteiger partial charge in [0, 0.05) is 44.8 Å². The van der Waals surface area contributed by atoms with E-state index in [2.05, 4.69) is 45.1 Å². The van der Waals surface area contributed by atoms with Crippen LogP contribution in [0.5, 0.6) is 0 Å². The summed E-state index contributed by atoms with van der Waals surface area (Å²) >= 11 is 1.78. The first-order valence-corrected chi connectivity index (χ1v) is 9.02. The molecule has 2 heterocycles. The molecule has 1 aliphatic rings. The van der Waals surface area contributed by atoms with Gasteiger partial charge in [0.2, 0.25) is 0 Å². The Kier molecular flexibility index (Phi) is 5.65. The van der Waals surface area contributed by atoms with Crippen LogP contribution in [0, 0.1) is 0 Å². The summed E-state index contributed by atoms with van der Waals surface area (Å²) in [7, 11) is 4.08. The number of aryl methyl sites for hydroxylation is 1. The molecule has 2 aromatic rings.